The van der Waals surface area contributed by atoms with Crippen LogP contribution in [0.3, 0.4) is 0 Å². The van der Waals surface area contributed by atoms with E-state index in [9.17, 15) is 0 Å². The van der Waals surface area contributed by atoms with Crippen molar-refractivity contribution in [1.29, 1.82) is 0 Å². The summed E-state index contributed by atoms with van der Waals surface area (Å²) in [4.78, 5) is 14.9. The van der Waals surface area contributed by atoms with Gasteiger partial charge in [-0.3, -0.25) is 0 Å². The highest BCUT2D eigenvalue weighted by molar-refractivity contribution is 9.10. The number of aromatic nitrogens is 4. The highest BCUT2D eigenvalue weighted by atomic mass is 79.9. The molecule has 0 aliphatic rings. The van der Waals surface area contributed by atoms with Crippen molar-refractivity contribution < 1.29 is 0 Å². The van der Waals surface area contributed by atoms with Gasteiger partial charge in [0, 0.05) is 24.8 Å². The molecule has 0 bridgehead atoms. The van der Waals surface area contributed by atoms with E-state index in [1.165, 1.54) is 6.33 Å². The van der Waals surface area contributed by atoms with Gasteiger partial charge in [0.1, 0.15) is 6.33 Å². The number of halogens is 1. The average molecular weight is 239 g/mol. The number of rotatable bonds is 0. The fourth-order valence-electron chi connectivity index (χ4n) is 0.534. The summed E-state index contributed by atoms with van der Waals surface area (Å²) < 4.78 is 0.634. The van der Waals surface area contributed by atoms with Crippen LogP contribution < -0.4 is 0 Å². The van der Waals surface area contributed by atoms with Crippen LogP contribution in [-0.2, 0) is 0 Å². The van der Waals surface area contributed by atoms with Gasteiger partial charge in [-0.05, 0) is 28.1 Å². The molecule has 0 saturated carbocycles. The van der Waals surface area contributed by atoms with Crippen LogP contribution >= 0.6 is 15.9 Å². The highest BCUT2D eigenvalue weighted by Crippen LogP contribution is 1.94. The lowest BCUT2D eigenvalue weighted by atomic mass is 10.7. The Morgan fingerprint density at radius 1 is 0.846 bits per heavy atom. The largest absolute Gasteiger partial charge is 0.245 e. The van der Waals surface area contributed by atoms with Crippen molar-refractivity contribution in [2.45, 2.75) is 0 Å². The maximum absolute atomic E-state index is 3.78. The van der Waals surface area contributed by atoms with Gasteiger partial charge < -0.3 is 0 Å². The third kappa shape index (κ3) is 4.97. The van der Waals surface area contributed by atoms with E-state index in [4.69, 9.17) is 0 Å². The van der Waals surface area contributed by atoms with E-state index in [0.29, 0.717) is 4.73 Å². The Balaban J connectivity index is 0.000000132. The zero-order valence-corrected chi connectivity index (χ0v) is 8.29. The van der Waals surface area contributed by atoms with Gasteiger partial charge in [-0.1, -0.05) is 0 Å². The Kier molecular flexibility index (Phi) is 4.63. The zero-order valence-electron chi connectivity index (χ0n) is 6.71. The lowest BCUT2D eigenvalue weighted by Crippen LogP contribution is -1.74. The molecule has 0 amide bonds. The lowest BCUT2D eigenvalue weighted by Gasteiger charge is -1.79. The molecule has 2 heterocycles. The van der Waals surface area contributed by atoms with Crippen LogP contribution in [0.15, 0.2) is 48.0 Å². The van der Waals surface area contributed by atoms with Crippen LogP contribution in [-0.4, -0.2) is 19.9 Å². The monoisotopic (exact) mass is 238 g/mol. The summed E-state index contributed by atoms with van der Waals surface area (Å²) in [6.45, 7) is 0. The molecule has 0 radical (unpaired) electrons. The Bertz CT molecular complexity index is 287. The quantitative estimate of drug-likeness (QED) is 0.656. The molecular formula is C8H7BrN4. The summed E-state index contributed by atoms with van der Waals surface area (Å²) in [6, 6.07) is 3.55. The first-order valence-electron chi connectivity index (χ1n) is 3.52. The second-order valence-electron chi connectivity index (χ2n) is 1.92. The smallest absolute Gasteiger partial charge is 0.196 e. The maximum Gasteiger partial charge on any atom is 0.196 e. The van der Waals surface area contributed by atoms with E-state index in [1.807, 2.05) is 0 Å². The Morgan fingerprint density at radius 3 is 1.62 bits per heavy atom. The van der Waals surface area contributed by atoms with Gasteiger partial charge in [0.25, 0.3) is 0 Å². The topological polar surface area (TPSA) is 51.6 Å². The first kappa shape index (κ1) is 9.73. The van der Waals surface area contributed by atoms with E-state index < -0.39 is 0 Å². The molecule has 0 fully saturated rings. The van der Waals surface area contributed by atoms with E-state index >= 15 is 0 Å². The van der Waals surface area contributed by atoms with Crippen LogP contribution in [0.5, 0.6) is 0 Å². The van der Waals surface area contributed by atoms with E-state index in [1.54, 1.807) is 36.9 Å². The molecule has 0 atom stereocenters. The lowest BCUT2D eigenvalue weighted by molar-refractivity contribution is 1.11. The normalized spacial score (nSPS) is 8.38. The molecular weight excluding hydrogens is 232 g/mol. The van der Waals surface area contributed by atoms with Crippen molar-refractivity contribution >= 4 is 15.9 Å². The maximum atomic E-state index is 3.78. The summed E-state index contributed by atoms with van der Waals surface area (Å²) >= 11 is 3.09. The SMILES string of the molecule is Brc1ncccn1.c1cncnc1. The highest BCUT2D eigenvalue weighted by Gasteiger charge is 1.77. The van der Waals surface area contributed by atoms with Gasteiger partial charge in [-0.2, -0.15) is 0 Å². The van der Waals surface area contributed by atoms with Gasteiger partial charge in [-0.25, -0.2) is 19.9 Å². The Hall–Kier alpha value is -1.36. The second-order valence-corrected chi connectivity index (χ2v) is 2.63. The molecule has 2 rings (SSSR count). The van der Waals surface area contributed by atoms with Gasteiger partial charge in [-0.15, -0.1) is 0 Å². The minimum absolute atomic E-state index is 0.634. The van der Waals surface area contributed by atoms with Gasteiger partial charge in [0.2, 0.25) is 0 Å². The van der Waals surface area contributed by atoms with Crippen LogP contribution in [0, 0.1) is 0 Å². The van der Waals surface area contributed by atoms with Crippen LogP contribution in [0.1, 0.15) is 0 Å². The summed E-state index contributed by atoms with van der Waals surface area (Å²) in [5, 5.41) is 0. The summed E-state index contributed by atoms with van der Waals surface area (Å²) in [6.07, 6.45) is 8.23. The Labute approximate surface area is 84.2 Å². The van der Waals surface area contributed by atoms with Crippen molar-refractivity contribution in [1.82, 2.24) is 19.9 Å². The second kappa shape index (κ2) is 6.19. The molecule has 13 heavy (non-hydrogen) atoms. The van der Waals surface area contributed by atoms with E-state index in [2.05, 4.69) is 35.9 Å². The molecule has 0 saturated heterocycles. The van der Waals surface area contributed by atoms with Crippen molar-refractivity contribution in [3.8, 4) is 0 Å². The third-order valence-corrected chi connectivity index (χ3v) is 1.42. The zero-order chi connectivity index (χ0) is 9.36. The molecule has 2 aromatic heterocycles. The minimum Gasteiger partial charge on any atom is -0.245 e. The standard InChI is InChI=1S/C4H3BrN2.C4H4N2/c5-4-6-2-1-3-7-4;1-2-5-4-6-3-1/h1-3H;1-4H. The molecule has 0 aliphatic carbocycles. The molecule has 4 nitrogen and oxygen atoms in total. The summed E-state index contributed by atoms with van der Waals surface area (Å²) in [7, 11) is 0. The molecule has 0 unspecified atom stereocenters. The average Bonchev–Trinajstić information content (AvgIpc) is 2.22. The molecule has 66 valence electrons. The van der Waals surface area contributed by atoms with E-state index in [-0.39, 0.29) is 0 Å². The van der Waals surface area contributed by atoms with Crippen molar-refractivity contribution in [3.05, 3.63) is 48.0 Å². The molecule has 0 aromatic carbocycles. The summed E-state index contributed by atoms with van der Waals surface area (Å²) in [5.41, 5.74) is 0. The third-order valence-electron chi connectivity index (χ3n) is 1.01. The van der Waals surface area contributed by atoms with Crippen molar-refractivity contribution in [2.75, 3.05) is 0 Å². The predicted molar refractivity (Wildman–Crippen MR) is 51.8 cm³/mol. The molecule has 0 aliphatic heterocycles. The fourth-order valence-corrected chi connectivity index (χ4v) is 0.771. The Morgan fingerprint density at radius 2 is 1.38 bits per heavy atom. The van der Waals surface area contributed by atoms with Crippen molar-refractivity contribution in [3.63, 3.8) is 0 Å². The van der Waals surface area contributed by atoms with Crippen LogP contribution in [0.4, 0.5) is 0 Å². The molecule has 0 spiro atoms. The minimum atomic E-state index is 0.634. The van der Waals surface area contributed by atoms with Gasteiger partial charge in [0.05, 0.1) is 0 Å². The van der Waals surface area contributed by atoms with Crippen LogP contribution in [0.2, 0.25) is 0 Å². The van der Waals surface area contributed by atoms with Crippen molar-refractivity contribution in [2.24, 2.45) is 0 Å². The molecule has 5 heteroatoms. The summed E-state index contributed by atoms with van der Waals surface area (Å²) in [5.74, 6) is 0. The predicted octanol–water partition coefficient (Wildman–Crippen LogP) is 1.72. The number of hydrogen-bond donors (Lipinski definition) is 0. The molecule has 2 aromatic rings. The van der Waals surface area contributed by atoms with Gasteiger partial charge >= 0.3 is 0 Å². The van der Waals surface area contributed by atoms with E-state index in [0.717, 1.165) is 0 Å². The van der Waals surface area contributed by atoms with Crippen LogP contribution in [0.25, 0.3) is 0 Å². The first-order valence-corrected chi connectivity index (χ1v) is 4.31. The first-order chi connectivity index (χ1) is 6.39. The molecule has 0 N–H and O–H groups in total. The number of hydrogen-bond acceptors (Lipinski definition) is 4. The number of nitrogens with zero attached hydrogens (tertiary/aromatic N) is 4. The fraction of sp³-hybridized carbons (Fsp3) is 0. The van der Waals surface area contributed by atoms with Gasteiger partial charge in [0.15, 0.2) is 4.73 Å².